The average Bonchev–Trinajstić information content (AvgIpc) is 2.46. The maximum atomic E-state index is 12.4. The van der Waals surface area contributed by atoms with Gasteiger partial charge in [-0.15, -0.1) is 0 Å². The fourth-order valence-electron chi connectivity index (χ4n) is 3.68. The molecule has 0 N–H and O–H groups in total. The fraction of sp³-hybridized carbons (Fsp3) is 0.842. The molecule has 0 aromatic rings. The second-order valence-corrected chi connectivity index (χ2v) is 7.46. The summed E-state index contributed by atoms with van der Waals surface area (Å²) in [4.78, 5) is 16.9. The van der Waals surface area contributed by atoms with Crippen LogP contribution in [0.5, 0.6) is 0 Å². The molecule has 2 rings (SSSR count). The van der Waals surface area contributed by atoms with E-state index >= 15 is 0 Å². The second-order valence-electron chi connectivity index (χ2n) is 7.46. The van der Waals surface area contributed by atoms with E-state index in [2.05, 4.69) is 49.3 Å². The van der Waals surface area contributed by atoms with Gasteiger partial charge in [-0.3, -0.25) is 9.69 Å². The van der Waals surface area contributed by atoms with Gasteiger partial charge in [0.2, 0.25) is 5.91 Å². The Balaban J connectivity index is 1.75. The summed E-state index contributed by atoms with van der Waals surface area (Å²) in [6.07, 6.45) is 4.40. The fourth-order valence-corrected chi connectivity index (χ4v) is 3.68. The average molecular weight is 304 g/mol. The maximum absolute atomic E-state index is 12.4. The third-order valence-electron chi connectivity index (χ3n) is 5.31. The van der Waals surface area contributed by atoms with Crippen molar-refractivity contribution in [1.82, 2.24) is 9.80 Å². The van der Waals surface area contributed by atoms with Gasteiger partial charge in [0.25, 0.3) is 0 Å². The highest BCUT2D eigenvalue weighted by Crippen LogP contribution is 2.41. The molecule has 2 fully saturated rings. The van der Waals surface area contributed by atoms with E-state index in [4.69, 9.17) is 0 Å². The first kappa shape index (κ1) is 17.3. The van der Waals surface area contributed by atoms with Crippen LogP contribution in [0.3, 0.4) is 0 Å². The molecule has 2 aliphatic heterocycles. The molecule has 124 valence electrons. The number of likely N-dealkylation sites (tertiary alicyclic amines) is 2. The van der Waals surface area contributed by atoms with Gasteiger partial charge in [-0.2, -0.15) is 0 Å². The van der Waals surface area contributed by atoms with E-state index in [1.807, 2.05) is 0 Å². The Labute approximate surface area is 136 Å². The molecule has 2 aliphatic rings. The number of nitrogens with zero attached hydrogens (tertiary/aromatic N) is 2. The zero-order chi connectivity index (χ0) is 16.2. The molecule has 0 radical (unpaired) electrons. The maximum Gasteiger partial charge on any atom is 0.225 e. The minimum Gasteiger partial charge on any atom is -0.341 e. The lowest BCUT2D eigenvalue weighted by Gasteiger charge is -2.54. The van der Waals surface area contributed by atoms with Crippen LogP contribution in [0.2, 0.25) is 0 Å². The minimum absolute atomic E-state index is 0.240. The van der Waals surface area contributed by atoms with Gasteiger partial charge in [0.15, 0.2) is 0 Å². The van der Waals surface area contributed by atoms with Crippen LogP contribution in [-0.2, 0) is 4.79 Å². The van der Waals surface area contributed by atoms with Gasteiger partial charge >= 0.3 is 0 Å². The minimum atomic E-state index is 0.240. The number of hydrogen-bond acceptors (Lipinski definition) is 2. The van der Waals surface area contributed by atoms with Crippen LogP contribution in [0.25, 0.3) is 0 Å². The van der Waals surface area contributed by atoms with Crippen molar-refractivity contribution in [2.24, 2.45) is 17.3 Å². The lowest BCUT2D eigenvalue weighted by atomic mass is 9.71. The van der Waals surface area contributed by atoms with E-state index < -0.39 is 0 Å². The third-order valence-corrected chi connectivity index (χ3v) is 5.31. The molecule has 1 spiro atoms. The Kier molecular flexibility index (Phi) is 5.92. The predicted molar refractivity (Wildman–Crippen MR) is 91.4 cm³/mol. The standard InChI is InChI=1S/C19H32N2O/c1-5-17(6-2)18(22)21-14-19(15-21)9-12-20(13-10-19)11-7-8-16(3)4/h16-17H,5-6,9-15H2,1-4H3. The highest BCUT2D eigenvalue weighted by atomic mass is 16.2. The number of amides is 1. The first-order valence-electron chi connectivity index (χ1n) is 8.99. The van der Waals surface area contributed by atoms with E-state index in [-0.39, 0.29) is 5.92 Å². The van der Waals surface area contributed by atoms with Crippen molar-refractivity contribution in [2.45, 2.75) is 53.4 Å². The summed E-state index contributed by atoms with van der Waals surface area (Å²) in [7, 11) is 0. The van der Waals surface area contributed by atoms with Crippen molar-refractivity contribution in [2.75, 3.05) is 32.7 Å². The van der Waals surface area contributed by atoms with Gasteiger partial charge in [0.05, 0.1) is 6.54 Å². The lowest BCUT2D eigenvalue weighted by molar-refractivity contribution is -0.151. The monoisotopic (exact) mass is 304 g/mol. The molecular formula is C19H32N2O. The van der Waals surface area contributed by atoms with Crippen LogP contribution in [0.4, 0.5) is 0 Å². The van der Waals surface area contributed by atoms with Crippen LogP contribution in [-0.4, -0.2) is 48.4 Å². The van der Waals surface area contributed by atoms with Crippen molar-refractivity contribution in [1.29, 1.82) is 0 Å². The largest absolute Gasteiger partial charge is 0.341 e. The number of hydrogen-bond donors (Lipinski definition) is 0. The summed E-state index contributed by atoms with van der Waals surface area (Å²) >= 11 is 0. The zero-order valence-electron chi connectivity index (χ0n) is 14.8. The SMILES string of the molecule is CCC(CC)C(=O)N1CC2(CCN(CC#CC(C)C)CC2)C1. The summed E-state index contributed by atoms with van der Waals surface area (Å²) < 4.78 is 0. The summed E-state index contributed by atoms with van der Waals surface area (Å²) in [6, 6.07) is 0. The molecule has 22 heavy (non-hydrogen) atoms. The Hall–Kier alpha value is -1.01. The highest BCUT2D eigenvalue weighted by Gasteiger charge is 2.47. The lowest BCUT2D eigenvalue weighted by Crippen LogP contribution is -2.62. The van der Waals surface area contributed by atoms with Crippen molar-refractivity contribution in [3.05, 3.63) is 0 Å². The van der Waals surface area contributed by atoms with Crippen LogP contribution in [0.1, 0.15) is 53.4 Å². The van der Waals surface area contributed by atoms with Gasteiger partial charge in [0.1, 0.15) is 0 Å². The number of carbonyl (C=O) groups excluding carboxylic acids is 1. The summed E-state index contributed by atoms with van der Waals surface area (Å²) in [5, 5.41) is 0. The number of rotatable bonds is 4. The van der Waals surface area contributed by atoms with Crippen LogP contribution >= 0.6 is 0 Å². The van der Waals surface area contributed by atoms with Crippen molar-refractivity contribution in [3.63, 3.8) is 0 Å². The Morgan fingerprint density at radius 3 is 2.23 bits per heavy atom. The smallest absolute Gasteiger partial charge is 0.225 e. The number of piperidine rings is 1. The summed E-state index contributed by atoms with van der Waals surface area (Å²) in [5.41, 5.74) is 0.420. The second kappa shape index (κ2) is 7.51. The first-order chi connectivity index (χ1) is 10.5. The molecule has 3 heteroatoms. The van der Waals surface area contributed by atoms with Crippen molar-refractivity contribution < 1.29 is 4.79 Å². The van der Waals surface area contributed by atoms with Gasteiger partial charge in [-0.1, -0.05) is 39.5 Å². The molecule has 2 saturated heterocycles. The predicted octanol–water partition coefficient (Wildman–Crippen LogP) is 3.01. The third kappa shape index (κ3) is 4.04. The molecule has 1 amide bonds. The molecule has 0 bridgehead atoms. The Morgan fingerprint density at radius 1 is 1.14 bits per heavy atom. The summed E-state index contributed by atoms with van der Waals surface area (Å²) in [6.45, 7) is 13.7. The Morgan fingerprint density at radius 2 is 1.73 bits per heavy atom. The van der Waals surface area contributed by atoms with Gasteiger partial charge in [-0.05, 0) is 38.8 Å². The quantitative estimate of drug-likeness (QED) is 0.745. The normalized spacial score (nSPS) is 20.9. The molecule has 0 aromatic carbocycles. The van der Waals surface area contributed by atoms with Gasteiger partial charge in [-0.25, -0.2) is 0 Å². The molecule has 0 saturated carbocycles. The van der Waals surface area contributed by atoms with Crippen LogP contribution in [0, 0.1) is 29.1 Å². The van der Waals surface area contributed by atoms with Gasteiger partial charge < -0.3 is 4.90 Å². The molecule has 0 unspecified atom stereocenters. The van der Waals surface area contributed by atoms with E-state index in [1.165, 1.54) is 12.8 Å². The Bertz CT molecular complexity index is 426. The van der Waals surface area contributed by atoms with E-state index in [1.54, 1.807) is 0 Å². The van der Waals surface area contributed by atoms with E-state index in [0.29, 0.717) is 17.2 Å². The van der Waals surface area contributed by atoms with Crippen molar-refractivity contribution in [3.8, 4) is 11.8 Å². The van der Waals surface area contributed by atoms with Crippen LogP contribution < -0.4 is 0 Å². The molecule has 3 nitrogen and oxygen atoms in total. The highest BCUT2D eigenvalue weighted by molar-refractivity contribution is 5.79. The molecule has 2 heterocycles. The van der Waals surface area contributed by atoms with Crippen LogP contribution in [0.15, 0.2) is 0 Å². The van der Waals surface area contributed by atoms with E-state index in [0.717, 1.165) is 45.6 Å². The first-order valence-corrected chi connectivity index (χ1v) is 8.99. The summed E-state index contributed by atoms with van der Waals surface area (Å²) in [5.74, 6) is 7.63. The topological polar surface area (TPSA) is 23.6 Å². The zero-order valence-corrected chi connectivity index (χ0v) is 14.8. The molecule has 0 atom stereocenters. The number of carbonyl (C=O) groups is 1. The molecular weight excluding hydrogens is 272 g/mol. The van der Waals surface area contributed by atoms with Gasteiger partial charge in [0, 0.05) is 30.3 Å². The van der Waals surface area contributed by atoms with E-state index in [9.17, 15) is 4.79 Å². The van der Waals surface area contributed by atoms with Crippen molar-refractivity contribution >= 4 is 5.91 Å². The molecule has 0 aliphatic carbocycles. The molecule has 0 aromatic heterocycles.